The van der Waals surface area contributed by atoms with Gasteiger partial charge in [-0.15, -0.1) is 0 Å². The van der Waals surface area contributed by atoms with Crippen molar-refractivity contribution in [3.8, 4) is 0 Å². The second kappa shape index (κ2) is 6.25. The Bertz CT molecular complexity index is 1470. The quantitative estimate of drug-likeness (QED) is 0.329. The zero-order valence-electron chi connectivity index (χ0n) is 14.7. The molecule has 3 aromatic heterocycles. The highest BCUT2D eigenvalue weighted by Crippen LogP contribution is 2.24. The van der Waals surface area contributed by atoms with E-state index in [0.29, 0.717) is 32.5 Å². The van der Waals surface area contributed by atoms with Crippen molar-refractivity contribution < 1.29 is 4.21 Å². The van der Waals surface area contributed by atoms with Gasteiger partial charge in [-0.25, -0.2) is 17.6 Å². The Morgan fingerprint density at radius 1 is 0.929 bits per heavy atom. The lowest BCUT2D eigenvalue weighted by molar-refractivity contribution is 0.678. The van der Waals surface area contributed by atoms with Gasteiger partial charge in [0.1, 0.15) is 0 Å². The SMILES string of the molecule is Cc1ccc(S(=O)n2ccc3c2nc(Cl)n2c(=O)c4ccccc4nc32)cc1. The fraction of sp³-hybridized carbons (Fsp3) is 0.0500. The van der Waals surface area contributed by atoms with Crippen LogP contribution in [0.1, 0.15) is 5.56 Å². The smallest absolute Gasteiger partial charge is 0.268 e. The molecule has 0 aliphatic carbocycles. The fourth-order valence-corrected chi connectivity index (χ4v) is 4.51. The van der Waals surface area contributed by atoms with Crippen molar-refractivity contribution in [2.24, 2.45) is 0 Å². The molecule has 0 N–H and O–H groups in total. The summed E-state index contributed by atoms with van der Waals surface area (Å²) in [6.07, 6.45) is 1.67. The normalized spacial score (nSPS) is 12.8. The van der Waals surface area contributed by atoms with Crippen molar-refractivity contribution in [3.05, 3.63) is 82.0 Å². The monoisotopic (exact) mass is 408 g/mol. The predicted molar refractivity (Wildman–Crippen MR) is 110 cm³/mol. The first-order chi connectivity index (χ1) is 13.5. The summed E-state index contributed by atoms with van der Waals surface area (Å²) in [5.74, 6) is 0. The Hall–Kier alpha value is -3.03. The molecule has 0 amide bonds. The number of aromatic nitrogens is 4. The van der Waals surface area contributed by atoms with Crippen LogP contribution in [0.5, 0.6) is 0 Å². The molecule has 2 aromatic carbocycles. The Balaban J connectivity index is 1.82. The van der Waals surface area contributed by atoms with Gasteiger partial charge in [0.05, 0.1) is 21.2 Å². The van der Waals surface area contributed by atoms with E-state index >= 15 is 0 Å². The van der Waals surface area contributed by atoms with Crippen LogP contribution in [0.4, 0.5) is 0 Å². The van der Waals surface area contributed by atoms with E-state index in [2.05, 4.69) is 9.97 Å². The minimum atomic E-state index is -1.50. The van der Waals surface area contributed by atoms with Crippen molar-refractivity contribution in [1.82, 2.24) is 18.3 Å². The van der Waals surface area contributed by atoms with E-state index in [1.165, 1.54) is 8.37 Å². The second-order valence-electron chi connectivity index (χ2n) is 6.41. The number of para-hydroxylation sites is 1. The van der Waals surface area contributed by atoms with Gasteiger partial charge in [0, 0.05) is 6.20 Å². The molecule has 1 atom stereocenters. The van der Waals surface area contributed by atoms with Crippen molar-refractivity contribution in [2.75, 3.05) is 0 Å². The van der Waals surface area contributed by atoms with Crippen LogP contribution in [0.25, 0.3) is 27.6 Å². The summed E-state index contributed by atoms with van der Waals surface area (Å²) in [7, 11) is -1.50. The average molecular weight is 409 g/mol. The molecule has 1 unspecified atom stereocenters. The molecule has 3 heterocycles. The summed E-state index contributed by atoms with van der Waals surface area (Å²) in [5, 5.41) is 1.05. The molecule has 0 bridgehead atoms. The Morgan fingerprint density at radius 3 is 2.46 bits per heavy atom. The molecule has 28 heavy (non-hydrogen) atoms. The Kier molecular flexibility index (Phi) is 3.82. The zero-order chi connectivity index (χ0) is 19.4. The van der Waals surface area contributed by atoms with Gasteiger partial charge >= 0.3 is 0 Å². The standard InChI is InChI=1S/C20H13ClN4O2S/c1-12-6-8-13(9-7-12)28(27)24-11-10-15-17(24)23-20(21)25-18(15)22-16-5-3-2-4-14(16)19(25)26/h2-11H,1H3. The van der Waals surface area contributed by atoms with Gasteiger partial charge in [-0.2, -0.15) is 4.98 Å². The van der Waals surface area contributed by atoms with Gasteiger partial charge in [0.2, 0.25) is 5.28 Å². The van der Waals surface area contributed by atoms with Gasteiger partial charge < -0.3 is 0 Å². The summed E-state index contributed by atoms with van der Waals surface area (Å²) < 4.78 is 15.9. The molecular formula is C20H13ClN4O2S. The maximum absolute atomic E-state index is 13.1. The van der Waals surface area contributed by atoms with Gasteiger partial charge in [-0.3, -0.25) is 4.79 Å². The molecule has 0 radical (unpaired) electrons. The molecule has 5 aromatic rings. The van der Waals surface area contributed by atoms with Crippen LogP contribution in [-0.2, 0) is 11.0 Å². The largest absolute Gasteiger partial charge is 0.268 e. The number of halogens is 1. The van der Waals surface area contributed by atoms with Gasteiger partial charge in [0.25, 0.3) is 5.56 Å². The van der Waals surface area contributed by atoms with Crippen LogP contribution in [0.15, 0.2) is 70.5 Å². The lowest BCUT2D eigenvalue weighted by Gasteiger charge is -2.08. The number of hydrogen-bond donors (Lipinski definition) is 0. The number of hydrogen-bond acceptors (Lipinski definition) is 4. The van der Waals surface area contributed by atoms with E-state index in [0.717, 1.165) is 5.56 Å². The Morgan fingerprint density at radius 2 is 1.68 bits per heavy atom. The van der Waals surface area contributed by atoms with Crippen molar-refractivity contribution in [1.29, 1.82) is 0 Å². The molecule has 0 aliphatic heterocycles. The van der Waals surface area contributed by atoms with Crippen LogP contribution < -0.4 is 5.56 Å². The molecule has 0 saturated heterocycles. The molecule has 0 fully saturated rings. The average Bonchev–Trinajstić information content (AvgIpc) is 3.12. The van der Waals surface area contributed by atoms with E-state index in [-0.39, 0.29) is 10.8 Å². The van der Waals surface area contributed by atoms with E-state index in [1.807, 2.05) is 37.3 Å². The fourth-order valence-electron chi connectivity index (χ4n) is 3.21. The van der Waals surface area contributed by atoms with Crippen LogP contribution >= 0.6 is 11.6 Å². The van der Waals surface area contributed by atoms with E-state index < -0.39 is 11.0 Å². The van der Waals surface area contributed by atoms with Crippen LogP contribution in [0.2, 0.25) is 5.28 Å². The van der Waals surface area contributed by atoms with Crippen molar-refractivity contribution in [3.63, 3.8) is 0 Å². The lowest BCUT2D eigenvalue weighted by atomic mass is 10.2. The van der Waals surface area contributed by atoms with E-state index in [9.17, 15) is 9.00 Å². The predicted octanol–water partition coefficient (Wildman–Crippen LogP) is 3.73. The third-order valence-electron chi connectivity index (χ3n) is 4.63. The van der Waals surface area contributed by atoms with Gasteiger partial charge in [-0.1, -0.05) is 29.8 Å². The number of nitrogens with zero attached hydrogens (tertiary/aromatic N) is 4. The third kappa shape index (κ3) is 2.47. The lowest BCUT2D eigenvalue weighted by Crippen LogP contribution is -2.17. The molecule has 0 aliphatic rings. The van der Waals surface area contributed by atoms with Crippen molar-refractivity contribution in [2.45, 2.75) is 11.8 Å². The van der Waals surface area contributed by atoms with Gasteiger partial charge in [-0.05, 0) is 48.9 Å². The number of benzene rings is 2. The Labute approximate surface area is 166 Å². The molecule has 5 rings (SSSR count). The summed E-state index contributed by atoms with van der Waals surface area (Å²) >= 11 is 6.34. The maximum atomic E-state index is 13.1. The first kappa shape index (κ1) is 17.1. The number of aryl methyl sites for hydroxylation is 1. The van der Waals surface area contributed by atoms with Crippen molar-refractivity contribution >= 4 is 50.2 Å². The summed E-state index contributed by atoms with van der Waals surface area (Å²) in [4.78, 5) is 22.5. The molecular weight excluding hydrogens is 396 g/mol. The first-order valence-electron chi connectivity index (χ1n) is 8.51. The minimum absolute atomic E-state index is 0.0217. The molecule has 0 spiro atoms. The maximum Gasteiger partial charge on any atom is 0.268 e. The second-order valence-corrected chi connectivity index (χ2v) is 8.12. The highest BCUT2D eigenvalue weighted by molar-refractivity contribution is 7.83. The van der Waals surface area contributed by atoms with E-state index in [4.69, 9.17) is 11.6 Å². The zero-order valence-corrected chi connectivity index (χ0v) is 16.2. The van der Waals surface area contributed by atoms with Gasteiger partial charge in [0.15, 0.2) is 22.3 Å². The number of fused-ring (bicyclic) bond motifs is 4. The summed E-state index contributed by atoms with van der Waals surface area (Å²) in [5.41, 5.74) is 2.17. The summed E-state index contributed by atoms with van der Waals surface area (Å²) in [6.45, 7) is 1.97. The summed E-state index contributed by atoms with van der Waals surface area (Å²) in [6, 6.07) is 16.3. The van der Waals surface area contributed by atoms with Crippen LogP contribution in [0, 0.1) is 6.92 Å². The molecule has 6 nitrogen and oxygen atoms in total. The van der Waals surface area contributed by atoms with Crippen LogP contribution in [-0.4, -0.2) is 22.5 Å². The number of rotatable bonds is 2. The van der Waals surface area contributed by atoms with Crippen LogP contribution in [0.3, 0.4) is 0 Å². The minimum Gasteiger partial charge on any atom is -0.268 e. The van der Waals surface area contributed by atoms with E-state index in [1.54, 1.807) is 30.5 Å². The highest BCUT2D eigenvalue weighted by Gasteiger charge is 2.18. The first-order valence-corrected chi connectivity index (χ1v) is 10.00. The highest BCUT2D eigenvalue weighted by atomic mass is 35.5. The molecule has 0 saturated carbocycles. The molecule has 8 heteroatoms. The molecule has 138 valence electrons. The topological polar surface area (TPSA) is 69.3 Å². The third-order valence-corrected chi connectivity index (χ3v) is 6.21.